The van der Waals surface area contributed by atoms with Crippen LogP contribution in [0.15, 0.2) is 42.5 Å². The Kier molecular flexibility index (Phi) is 9.96. The molecule has 5 rings (SSSR count). The molecule has 0 unspecified atom stereocenters. The normalized spacial score (nSPS) is 13.7. The average Bonchev–Trinajstić information content (AvgIpc) is 3.40. The fourth-order valence-corrected chi connectivity index (χ4v) is 6.13. The van der Waals surface area contributed by atoms with Gasteiger partial charge in [0.25, 0.3) is 0 Å². The summed E-state index contributed by atoms with van der Waals surface area (Å²) in [7, 11) is 3.46. The molecule has 0 saturated heterocycles. The minimum absolute atomic E-state index is 0.274. The Morgan fingerprint density at radius 1 is 1.00 bits per heavy atom. The first-order valence-electron chi connectivity index (χ1n) is 15.9. The molecule has 3 aromatic carbocycles. The second-order valence-electron chi connectivity index (χ2n) is 15.2. The number of hydrogen-bond acceptors (Lipinski definition) is 7. The van der Waals surface area contributed by atoms with Crippen LogP contribution in [0.3, 0.4) is 0 Å². The van der Waals surface area contributed by atoms with E-state index in [0.29, 0.717) is 25.6 Å². The van der Waals surface area contributed by atoms with E-state index in [-0.39, 0.29) is 18.1 Å². The Labute approximate surface area is 293 Å². The third kappa shape index (κ3) is 7.90. The molecule has 251 valence electrons. The minimum atomic E-state index is -0.617. The van der Waals surface area contributed by atoms with Crippen molar-refractivity contribution in [3.05, 3.63) is 53.9 Å². The maximum atomic E-state index is 13.3. The van der Waals surface area contributed by atoms with Gasteiger partial charge >= 0.3 is 13.6 Å². The topological polar surface area (TPSA) is 95.1 Å². The Bertz CT molecular complexity index is 1780. The van der Waals surface area contributed by atoms with Gasteiger partial charge in [-0.15, -0.1) is 0 Å². The zero-order chi connectivity index (χ0) is 34.4. The third-order valence-corrected chi connectivity index (χ3v) is 9.80. The molecule has 0 saturated carbocycles. The van der Waals surface area contributed by atoms with E-state index in [4.69, 9.17) is 26.9 Å². The Morgan fingerprint density at radius 2 is 1.74 bits per heavy atom. The number of carbonyl (C=O) groups is 1. The fraction of sp³-hybridized carbons (Fsp3) is 0.500. The molecular weight excluding hydrogens is 708 g/mol. The summed E-state index contributed by atoms with van der Waals surface area (Å²) in [6.45, 7) is 19.5. The third-order valence-electron chi connectivity index (χ3n) is 8.70. The van der Waals surface area contributed by atoms with Crippen molar-refractivity contribution in [2.75, 3.05) is 20.3 Å². The standard InChI is InChI=1S/C36H46BIN3O6/c1-33(2,3)45-32(42)41(20-34(4,5)21-43-10)18-30-39-28-14-11-22-16-27-25-13-12-24(37-46-35(6,7)36(8,9)47-38)15-23(25)19-44-29(27)17-26(22)31(28)40-30/h11-17H,18-21H2,1-10H3,(H,39,40). The predicted molar refractivity (Wildman–Crippen MR) is 195 cm³/mol. The van der Waals surface area contributed by atoms with Crippen LogP contribution in [0, 0.1) is 5.41 Å². The molecule has 4 aromatic rings. The van der Waals surface area contributed by atoms with Gasteiger partial charge in [-0.3, -0.25) is 0 Å². The molecule has 0 bridgehead atoms. The van der Waals surface area contributed by atoms with Crippen LogP contribution in [0.1, 0.15) is 73.7 Å². The van der Waals surface area contributed by atoms with Crippen molar-refractivity contribution >= 4 is 63.9 Å². The smallest absolute Gasteiger partial charge is 0.410 e. The van der Waals surface area contributed by atoms with Crippen molar-refractivity contribution in [3.8, 4) is 16.9 Å². The summed E-state index contributed by atoms with van der Waals surface area (Å²) in [5.74, 6) is 1.49. The second-order valence-corrected chi connectivity index (χ2v) is 15.6. The van der Waals surface area contributed by atoms with Gasteiger partial charge in [0.1, 0.15) is 52.4 Å². The van der Waals surface area contributed by atoms with Gasteiger partial charge in [-0.05, 0) is 83.2 Å². The number of nitrogens with zero attached hydrogens (tertiary/aromatic N) is 2. The first-order valence-corrected chi connectivity index (χ1v) is 16.8. The van der Waals surface area contributed by atoms with Gasteiger partial charge in [-0.1, -0.05) is 43.6 Å². The van der Waals surface area contributed by atoms with Crippen LogP contribution in [0.25, 0.3) is 32.9 Å². The number of hydrogen-bond donors (Lipinski definition) is 1. The molecule has 47 heavy (non-hydrogen) atoms. The number of halogens is 1. The molecular formula is C36H46BIN3O6. The number of amides is 1. The molecule has 2 heterocycles. The zero-order valence-electron chi connectivity index (χ0n) is 29.2. The molecule has 0 spiro atoms. The highest BCUT2D eigenvalue weighted by Crippen LogP contribution is 2.41. The van der Waals surface area contributed by atoms with Crippen LogP contribution in [0.2, 0.25) is 0 Å². The Morgan fingerprint density at radius 3 is 2.43 bits per heavy atom. The number of aromatic amines is 1. The first kappa shape index (κ1) is 35.4. The number of rotatable bonds is 11. The summed E-state index contributed by atoms with van der Waals surface area (Å²) in [5.41, 5.74) is 4.06. The summed E-state index contributed by atoms with van der Waals surface area (Å²) < 4.78 is 29.3. The number of imidazole rings is 1. The van der Waals surface area contributed by atoms with E-state index in [1.807, 2.05) is 77.5 Å². The minimum Gasteiger partial charge on any atom is -0.488 e. The van der Waals surface area contributed by atoms with Crippen molar-refractivity contribution in [1.82, 2.24) is 14.9 Å². The molecule has 1 amide bonds. The van der Waals surface area contributed by atoms with E-state index in [1.54, 1.807) is 19.5 Å². The molecule has 0 fully saturated rings. The average molecular weight is 754 g/mol. The molecule has 0 aliphatic carbocycles. The lowest BCUT2D eigenvalue weighted by molar-refractivity contribution is -0.0480. The van der Waals surface area contributed by atoms with Gasteiger partial charge in [0, 0.05) is 30.0 Å². The lowest BCUT2D eigenvalue weighted by Gasteiger charge is -2.39. The van der Waals surface area contributed by atoms with E-state index in [1.165, 1.54) is 0 Å². The van der Waals surface area contributed by atoms with Crippen LogP contribution in [0.4, 0.5) is 4.79 Å². The molecule has 11 heteroatoms. The molecule has 1 aliphatic rings. The molecule has 9 nitrogen and oxygen atoms in total. The van der Waals surface area contributed by atoms with Crippen molar-refractivity contribution in [2.45, 2.75) is 92.3 Å². The molecule has 1 aromatic heterocycles. The number of fused-ring (bicyclic) bond motifs is 6. The van der Waals surface area contributed by atoms with Crippen molar-refractivity contribution in [1.29, 1.82) is 0 Å². The summed E-state index contributed by atoms with van der Waals surface area (Å²) in [6.07, 6.45) is -0.386. The number of ether oxygens (including phenoxy) is 3. The van der Waals surface area contributed by atoms with Gasteiger partial charge in [0.2, 0.25) is 0 Å². The maximum Gasteiger partial charge on any atom is 0.410 e. The second kappa shape index (κ2) is 13.2. The summed E-state index contributed by atoms with van der Waals surface area (Å²) >= 11 is 1.93. The van der Waals surface area contributed by atoms with E-state index in [9.17, 15) is 4.79 Å². The van der Waals surface area contributed by atoms with Gasteiger partial charge in [0.05, 0.1) is 29.8 Å². The van der Waals surface area contributed by atoms with Crippen molar-refractivity contribution < 1.29 is 26.7 Å². The molecule has 1 radical (unpaired) electrons. The van der Waals surface area contributed by atoms with Crippen LogP contribution in [0.5, 0.6) is 5.75 Å². The summed E-state index contributed by atoms with van der Waals surface area (Å²) in [5, 5.41) is 2.04. The molecule has 0 atom stereocenters. The molecule has 1 aliphatic heterocycles. The van der Waals surface area contributed by atoms with Crippen LogP contribution < -0.4 is 10.2 Å². The van der Waals surface area contributed by atoms with E-state index in [2.05, 4.69) is 55.2 Å². The van der Waals surface area contributed by atoms with Crippen LogP contribution >= 0.6 is 23.0 Å². The van der Waals surface area contributed by atoms with E-state index in [0.717, 1.165) is 49.7 Å². The molecule has 1 N–H and O–H groups in total. The number of methoxy groups -OCH3 is 1. The van der Waals surface area contributed by atoms with Crippen LogP contribution in [-0.4, -0.2) is 65.5 Å². The predicted octanol–water partition coefficient (Wildman–Crippen LogP) is 7.87. The zero-order valence-corrected chi connectivity index (χ0v) is 31.3. The lowest BCUT2D eigenvalue weighted by Crippen LogP contribution is -2.49. The Balaban J connectivity index is 1.42. The SMILES string of the molecule is COCC(C)(C)CN(Cc1nc2c(ccc3cc4c(cc32)OCc2cc([B]OC(C)(C)C(C)(C)OI)ccc2-4)[nH]1)C(=O)OC(C)(C)C. The lowest BCUT2D eigenvalue weighted by atomic mass is 9.80. The number of H-pyrrole nitrogens is 1. The quantitative estimate of drug-likeness (QED) is 0.123. The van der Waals surface area contributed by atoms with Crippen LogP contribution in [-0.2, 0) is 30.3 Å². The maximum absolute atomic E-state index is 13.3. The largest absolute Gasteiger partial charge is 0.488 e. The van der Waals surface area contributed by atoms with Crippen molar-refractivity contribution in [2.24, 2.45) is 5.41 Å². The fourth-order valence-electron chi connectivity index (χ4n) is 5.60. The monoisotopic (exact) mass is 754 g/mol. The first-order chi connectivity index (χ1) is 21.9. The van der Waals surface area contributed by atoms with Gasteiger partial charge < -0.3 is 31.8 Å². The van der Waals surface area contributed by atoms with Gasteiger partial charge in [-0.25, -0.2) is 9.78 Å². The number of carbonyl (C=O) groups excluding carboxylic acids is 1. The number of benzene rings is 3. The highest BCUT2D eigenvalue weighted by molar-refractivity contribution is 14.1. The van der Waals surface area contributed by atoms with Crippen molar-refractivity contribution in [3.63, 3.8) is 0 Å². The highest BCUT2D eigenvalue weighted by Gasteiger charge is 2.39. The van der Waals surface area contributed by atoms with Gasteiger partial charge in [0.15, 0.2) is 0 Å². The number of nitrogens with one attached hydrogen (secondary N) is 1. The summed E-state index contributed by atoms with van der Waals surface area (Å²) in [6, 6.07) is 14.7. The van der Waals surface area contributed by atoms with E-state index >= 15 is 0 Å². The Hall–Kier alpha value is -2.87. The van der Waals surface area contributed by atoms with Gasteiger partial charge in [-0.2, -0.15) is 0 Å². The number of aromatic nitrogens is 2. The summed E-state index contributed by atoms with van der Waals surface area (Å²) in [4.78, 5) is 23.4. The highest BCUT2D eigenvalue weighted by atomic mass is 127. The van der Waals surface area contributed by atoms with E-state index < -0.39 is 16.8 Å².